The van der Waals surface area contributed by atoms with Crippen LogP contribution in [0.15, 0.2) is 28.7 Å². The van der Waals surface area contributed by atoms with Gasteiger partial charge in [-0.25, -0.2) is 4.39 Å². The Kier molecular flexibility index (Phi) is 4.60. The number of aryl methyl sites for hydroxylation is 1. The zero-order chi connectivity index (χ0) is 14.9. The third-order valence-corrected chi connectivity index (χ3v) is 4.74. The van der Waals surface area contributed by atoms with Crippen LogP contribution in [0.3, 0.4) is 0 Å². The highest BCUT2D eigenvalue weighted by molar-refractivity contribution is 9.10. The van der Waals surface area contributed by atoms with Crippen molar-refractivity contribution in [2.75, 3.05) is 0 Å². The molecule has 5 heteroatoms. The van der Waals surface area contributed by atoms with Gasteiger partial charge in [0.25, 0.3) is 0 Å². The van der Waals surface area contributed by atoms with Gasteiger partial charge >= 0.3 is 0 Å². The van der Waals surface area contributed by atoms with Gasteiger partial charge in [0.1, 0.15) is 5.82 Å². The number of hydrogen-bond donors (Lipinski definition) is 1. The first-order chi connectivity index (χ1) is 9.45. The van der Waals surface area contributed by atoms with E-state index in [1.54, 1.807) is 12.1 Å². The summed E-state index contributed by atoms with van der Waals surface area (Å²) < 4.78 is 16.0. The van der Waals surface area contributed by atoms with E-state index in [1.807, 2.05) is 25.5 Å². The molecule has 2 N–H and O–H groups in total. The molecule has 1 aromatic carbocycles. The molecule has 2 rings (SSSR count). The van der Waals surface area contributed by atoms with Gasteiger partial charge in [0.2, 0.25) is 0 Å². The highest BCUT2D eigenvalue weighted by Crippen LogP contribution is 2.29. The Balaban J connectivity index is 2.52. The van der Waals surface area contributed by atoms with Crippen LogP contribution in [0.2, 0.25) is 0 Å². The molecule has 1 aromatic heterocycles. The predicted molar refractivity (Wildman–Crippen MR) is 82.2 cm³/mol. The number of halogens is 2. The van der Waals surface area contributed by atoms with Crippen LogP contribution in [0, 0.1) is 19.7 Å². The normalized spacial score (nSPS) is 14.3. The number of hydrogen-bond acceptors (Lipinski definition) is 2. The van der Waals surface area contributed by atoms with Gasteiger partial charge in [-0.05, 0) is 53.9 Å². The molecule has 1 heterocycles. The standard InChI is InChI=1S/C15H19BrFN3/c1-4-13(18)15(11-5-7-12(17)8-6-11)20-10(3)14(16)9(2)19-20/h5-8,13,15H,4,18H2,1-3H3. The number of benzene rings is 1. The second kappa shape index (κ2) is 6.06. The van der Waals surface area contributed by atoms with Gasteiger partial charge in [0.15, 0.2) is 0 Å². The minimum absolute atomic E-state index is 0.0784. The average Bonchev–Trinajstić information content (AvgIpc) is 2.69. The summed E-state index contributed by atoms with van der Waals surface area (Å²) in [5.41, 5.74) is 9.21. The molecule has 0 bridgehead atoms. The lowest BCUT2D eigenvalue weighted by Crippen LogP contribution is -2.33. The zero-order valence-corrected chi connectivity index (χ0v) is 13.5. The van der Waals surface area contributed by atoms with Crippen molar-refractivity contribution in [3.05, 3.63) is 51.5 Å². The summed E-state index contributed by atoms with van der Waals surface area (Å²) in [5.74, 6) is -0.243. The Hall–Kier alpha value is -1.20. The van der Waals surface area contributed by atoms with Crippen LogP contribution >= 0.6 is 15.9 Å². The monoisotopic (exact) mass is 339 g/mol. The molecule has 0 saturated carbocycles. The molecule has 0 radical (unpaired) electrons. The van der Waals surface area contributed by atoms with E-state index >= 15 is 0 Å². The first-order valence-electron chi connectivity index (χ1n) is 6.68. The molecule has 0 spiro atoms. The number of nitrogens with two attached hydrogens (primary N) is 1. The molecule has 3 nitrogen and oxygen atoms in total. The molecule has 0 aliphatic rings. The summed E-state index contributed by atoms with van der Waals surface area (Å²) in [7, 11) is 0. The van der Waals surface area contributed by atoms with E-state index in [0.29, 0.717) is 0 Å². The van der Waals surface area contributed by atoms with Gasteiger partial charge < -0.3 is 5.73 Å². The predicted octanol–water partition coefficient (Wildman–Crippen LogP) is 3.73. The fraction of sp³-hybridized carbons (Fsp3) is 0.400. The Morgan fingerprint density at radius 1 is 1.30 bits per heavy atom. The van der Waals surface area contributed by atoms with Crippen molar-refractivity contribution in [2.45, 2.75) is 39.3 Å². The summed E-state index contributed by atoms with van der Waals surface area (Å²) in [6.45, 7) is 6.00. The molecular formula is C15H19BrFN3. The molecule has 2 aromatic rings. The largest absolute Gasteiger partial charge is 0.326 e. The van der Waals surface area contributed by atoms with Gasteiger partial charge in [0.05, 0.1) is 21.9 Å². The molecule has 20 heavy (non-hydrogen) atoms. The van der Waals surface area contributed by atoms with Crippen LogP contribution in [0.25, 0.3) is 0 Å². The third kappa shape index (κ3) is 2.79. The Labute approximate surface area is 127 Å². The molecule has 0 saturated heterocycles. The van der Waals surface area contributed by atoms with Gasteiger partial charge in [-0.2, -0.15) is 5.10 Å². The Morgan fingerprint density at radius 2 is 1.90 bits per heavy atom. The van der Waals surface area contributed by atoms with Crippen LogP contribution in [-0.4, -0.2) is 15.8 Å². The van der Waals surface area contributed by atoms with Gasteiger partial charge in [0, 0.05) is 6.04 Å². The fourth-order valence-electron chi connectivity index (χ4n) is 2.37. The third-order valence-electron chi connectivity index (χ3n) is 3.59. The molecular weight excluding hydrogens is 321 g/mol. The maximum absolute atomic E-state index is 13.1. The maximum Gasteiger partial charge on any atom is 0.123 e. The minimum Gasteiger partial charge on any atom is -0.326 e. The summed E-state index contributed by atoms with van der Waals surface area (Å²) in [6, 6.07) is 6.31. The second-order valence-electron chi connectivity index (χ2n) is 5.00. The maximum atomic E-state index is 13.1. The molecule has 2 atom stereocenters. The highest BCUT2D eigenvalue weighted by Gasteiger charge is 2.24. The Bertz CT molecular complexity index is 592. The quantitative estimate of drug-likeness (QED) is 0.922. The van der Waals surface area contributed by atoms with Gasteiger partial charge in [-0.3, -0.25) is 4.68 Å². The molecule has 108 valence electrons. The van der Waals surface area contributed by atoms with E-state index in [0.717, 1.165) is 27.8 Å². The summed E-state index contributed by atoms with van der Waals surface area (Å²) in [4.78, 5) is 0. The lowest BCUT2D eigenvalue weighted by Gasteiger charge is -2.25. The lowest BCUT2D eigenvalue weighted by atomic mass is 9.98. The number of nitrogens with zero attached hydrogens (tertiary/aromatic N) is 2. The van der Waals surface area contributed by atoms with Crippen LogP contribution < -0.4 is 5.73 Å². The van der Waals surface area contributed by atoms with Crippen molar-refractivity contribution < 1.29 is 4.39 Å². The Morgan fingerprint density at radius 3 is 2.35 bits per heavy atom. The van der Waals surface area contributed by atoms with Crippen LogP contribution in [0.5, 0.6) is 0 Å². The first kappa shape index (κ1) is 15.2. The number of rotatable bonds is 4. The molecule has 0 fully saturated rings. The van der Waals surface area contributed by atoms with Crippen molar-refractivity contribution in [3.8, 4) is 0 Å². The van der Waals surface area contributed by atoms with Crippen LogP contribution in [0.1, 0.15) is 36.3 Å². The van der Waals surface area contributed by atoms with E-state index in [9.17, 15) is 4.39 Å². The highest BCUT2D eigenvalue weighted by atomic mass is 79.9. The van der Waals surface area contributed by atoms with Crippen molar-refractivity contribution >= 4 is 15.9 Å². The minimum atomic E-state index is -0.243. The van der Waals surface area contributed by atoms with Crippen molar-refractivity contribution in [2.24, 2.45) is 5.73 Å². The second-order valence-corrected chi connectivity index (χ2v) is 5.79. The molecule has 0 aliphatic carbocycles. The van der Waals surface area contributed by atoms with E-state index in [-0.39, 0.29) is 17.9 Å². The molecule has 0 amide bonds. The van der Waals surface area contributed by atoms with Crippen LogP contribution in [-0.2, 0) is 0 Å². The van der Waals surface area contributed by atoms with Crippen molar-refractivity contribution in [1.29, 1.82) is 0 Å². The molecule has 0 aliphatic heterocycles. The SMILES string of the molecule is CCC(N)C(c1ccc(F)cc1)n1nc(C)c(Br)c1C. The van der Waals surface area contributed by atoms with Gasteiger partial charge in [-0.1, -0.05) is 19.1 Å². The zero-order valence-electron chi connectivity index (χ0n) is 11.9. The fourth-order valence-corrected chi connectivity index (χ4v) is 2.63. The van der Waals surface area contributed by atoms with E-state index in [4.69, 9.17) is 5.73 Å². The van der Waals surface area contributed by atoms with E-state index in [1.165, 1.54) is 12.1 Å². The summed E-state index contributed by atoms with van der Waals surface area (Å²) >= 11 is 3.54. The van der Waals surface area contributed by atoms with E-state index < -0.39 is 0 Å². The summed E-state index contributed by atoms with van der Waals surface area (Å²) in [5, 5.41) is 4.57. The number of aromatic nitrogens is 2. The summed E-state index contributed by atoms with van der Waals surface area (Å²) in [6.07, 6.45) is 0.817. The van der Waals surface area contributed by atoms with Crippen molar-refractivity contribution in [3.63, 3.8) is 0 Å². The average molecular weight is 340 g/mol. The molecule has 2 unspecified atom stereocenters. The first-order valence-corrected chi connectivity index (χ1v) is 7.47. The van der Waals surface area contributed by atoms with Crippen molar-refractivity contribution in [1.82, 2.24) is 9.78 Å². The smallest absolute Gasteiger partial charge is 0.123 e. The lowest BCUT2D eigenvalue weighted by molar-refractivity contribution is 0.415. The van der Waals surface area contributed by atoms with Crippen LogP contribution in [0.4, 0.5) is 4.39 Å². The van der Waals surface area contributed by atoms with E-state index in [2.05, 4.69) is 21.0 Å². The van der Waals surface area contributed by atoms with Gasteiger partial charge in [-0.15, -0.1) is 0 Å². The topological polar surface area (TPSA) is 43.8 Å².